The lowest BCUT2D eigenvalue weighted by Crippen LogP contribution is -2.24. The van der Waals surface area contributed by atoms with Crippen LogP contribution in [0.4, 0.5) is 0 Å². The molecule has 196 valence electrons. The van der Waals surface area contributed by atoms with E-state index < -0.39 is 0 Å². The largest absolute Gasteiger partial charge is 0.437 e. The standard InChI is InChI=1S/C35H25N5O/c1-35(34-38-31(24-10-4-2-5-11-24)37-32(39-34)25-12-6-3-7-13-25)20-18-23(19-21-35)26-16-17-29-36-30-27-14-8-9-15-28(27)41-33(30)40(29)22-26/h2-20,22H,21H2,1H3. The molecule has 0 saturated heterocycles. The second-order valence-corrected chi connectivity index (χ2v) is 10.7. The van der Waals surface area contributed by atoms with E-state index in [4.69, 9.17) is 24.4 Å². The molecule has 1 aliphatic carbocycles. The molecular weight excluding hydrogens is 506 g/mol. The van der Waals surface area contributed by atoms with E-state index in [1.807, 2.05) is 89.3 Å². The lowest BCUT2D eigenvalue weighted by Gasteiger charge is -2.27. The molecule has 0 aliphatic heterocycles. The van der Waals surface area contributed by atoms with Crippen LogP contribution in [0, 0.1) is 0 Å². The van der Waals surface area contributed by atoms with Gasteiger partial charge in [-0.25, -0.2) is 19.9 Å². The molecule has 6 heteroatoms. The fourth-order valence-electron chi connectivity index (χ4n) is 5.50. The highest BCUT2D eigenvalue weighted by atomic mass is 16.3. The Morgan fingerprint density at radius 2 is 1.39 bits per heavy atom. The Hall–Kier alpha value is -5.36. The SMILES string of the molecule is CC1(c2nc(-c3ccccc3)nc(-c3ccccc3)n2)C=CC(c2ccc3nc4c5ccccc5oc4n3c2)=CC1. The number of hydrogen-bond acceptors (Lipinski definition) is 5. The van der Waals surface area contributed by atoms with Crippen molar-refractivity contribution in [3.8, 4) is 22.8 Å². The first-order chi connectivity index (χ1) is 20.1. The van der Waals surface area contributed by atoms with E-state index >= 15 is 0 Å². The number of aromatic nitrogens is 5. The molecule has 3 aromatic carbocycles. The average molecular weight is 532 g/mol. The summed E-state index contributed by atoms with van der Waals surface area (Å²) in [5.74, 6) is 2.12. The number of furan rings is 1. The average Bonchev–Trinajstić information content (AvgIpc) is 3.58. The quantitative estimate of drug-likeness (QED) is 0.230. The molecular formula is C35H25N5O. The number of fused-ring (bicyclic) bond motifs is 5. The fourth-order valence-corrected chi connectivity index (χ4v) is 5.50. The van der Waals surface area contributed by atoms with Gasteiger partial charge >= 0.3 is 0 Å². The first-order valence-corrected chi connectivity index (χ1v) is 13.7. The van der Waals surface area contributed by atoms with Crippen LogP contribution >= 0.6 is 0 Å². The molecule has 0 fully saturated rings. The fraction of sp³-hybridized carbons (Fsp3) is 0.0857. The molecule has 1 unspecified atom stereocenters. The van der Waals surface area contributed by atoms with Gasteiger partial charge in [0.25, 0.3) is 0 Å². The summed E-state index contributed by atoms with van der Waals surface area (Å²) in [5.41, 5.74) is 7.16. The number of para-hydroxylation sites is 1. The minimum absolute atomic E-state index is 0.384. The Bertz CT molecular complexity index is 2080. The molecule has 0 radical (unpaired) electrons. The van der Waals surface area contributed by atoms with Crippen molar-refractivity contribution in [3.05, 3.63) is 133 Å². The van der Waals surface area contributed by atoms with Gasteiger partial charge in [0.2, 0.25) is 5.71 Å². The van der Waals surface area contributed by atoms with Gasteiger partial charge in [-0.05, 0) is 48.7 Å². The Kier molecular flexibility index (Phi) is 5.22. The van der Waals surface area contributed by atoms with E-state index in [0.29, 0.717) is 11.6 Å². The summed E-state index contributed by atoms with van der Waals surface area (Å²) in [6, 6.07) is 32.4. The van der Waals surface area contributed by atoms with Crippen LogP contribution in [0.2, 0.25) is 0 Å². The number of imidazole rings is 1. The summed E-state index contributed by atoms with van der Waals surface area (Å²) in [7, 11) is 0. The predicted octanol–water partition coefficient (Wildman–Crippen LogP) is 8.05. The van der Waals surface area contributed by atoms with Crippen LogP contribution < -0.4 is 0 Å². The van der Waals surface area contributed by atoms with Crippen molar-refractivity contribution >= 4 is 33.4 Å². The summed E-state index contributed by atoms with van der Waals surface area (Å²) >= 11 is 0. The maximum Gasteiger partial charge on any atom is 0.232 e. The van der Waals surface area contributed by atoms with Crippen LogP contribution in [0.1, 0.15) is 24.7 Å². The summed E-state index contributed by atoms with van der Waals surface area (Å²) in [4.78, 5) is 19.6. The van der Waals surface area contributed by atoms with Gasteiger partial charge in [-0.2, -0.15) is 0 Å². The lowest BCUT2D eigenvalue weighted by atomic mass is 9.80. The number of pyridine rings is 1. The van der Waals surface area contributed by atoms with Gasteiger partial charge in [-0.15, -0.1) is 0 Å². The molecule has 8 rings (SSSR count). The first-order valence-electron chi connectivity index (χ1n) is 13.7. The van der Waals surface area contributed by atoms with E-state index in [1.54, 1.807) is 0 Å². The smallest absolute Gasteiger partial charge is 0.232 e. The topological polar surface area (TPSA) is 69.1 Å². The van der Waals surface area contributed by atoms with E-state index in [0.717, 1.165) is 62.4 Å². The molecule has 4 aromatic heterocycles. The van der Waals surface area contributed by atoms with E-state index in [1.165, 1.54) is 0 Å². The molecule has 0 bridgehead atoms. The minimum atomic E-state index is -0.384. The Balaban J connectivity index is 1.17. The summed E-state index contributed by atoms with van der Waals surface area (Å²) in [6.45, 7) is 2.19. The second-order valence-electron chi connectivity index (χ2n) is 10.7. The summed E-state index contributed by atoms with van der Waals surface area (Å²) in [6.07, 6.45) is 9.52. The van der Waals surface area contributed by atoms with Gasteiger partial charge in [0, 0.05) is 28.1 Å². The lowest BCUT2D eigenvalue weighted by molar-refractivity contribution is 0.555. The Morgan fingerprint density at radius 3 is 2.07 bits per heavy atom. The highest BCUT2D eigenvalue weighted by molar-refractivity contribution is 6.02. The monoisotopic (exact) mass is 531 g/mol. The zero-order valence-corrected chi connectivity index (χ0v) is 22.4. The molecule has 4 heterocycles. The number of rotatable bonds is 4. The van der Waals surface area contributed by atoms with Gasteiger partial charge in [-0.3, -0.25) is 4.40 Å². The zero-order chi connectivity index (χ0) is 27.4. The van der Waals surface area contributed by atoms with Gasteiger partial charge < -0.3 is 4.42 Å². The van der Waals surface area contributed by atoms with Gasteiger partial charge in [0.1, 0.15) is 22.6 Å². The maximum absolute atomic E-state index is 6.17. The Morgan fingerprint density at radius 1 is 0.707 bits per heavy atom. The van der Waals surface area contributed by atoms with Gasteiger partial charge in [-0.1, -0.05) is 91.0 Å². The molecule has 1 atom stereocenters. The molecule has 7 aromatic rings. The van der Waals surface area contributed by atoms with Crippen molar-refractivity contribution in [1.29, 1.82) is 0 Å². The van der Waals surface area contributed by atoms with Crippen LogP contribution in [0.5, 0.6) is 0 Å². The highest BCUT2D eigenvalue weighted by Gasteiger charge is 2.30. The van der Waals surface area contributed by atoms with Crippen molar-refractivity contribution in [2.75, 3.05) is 0 Å². The highest BCUT2D eigenvalue weighted by Crippen LogP contribution is 2.37. The second kappa shape index (κ2) is 9.10. The number of benzene rings is 3. The van der Waals surface area contributed by atoms with E-state index in [-0.39, 0.29) is 5.41 Å². The molecule has 6 nitrogen and oxygen atoms in total. The van der Waals surface area contributed by atoms with Crippen molar-refractivity contribution in [3.63, 3.8) is 0 Å². The molecule has 0 amide bonds. The van der Waals surface area contributed by atoms with Gasteiger partial charge in [0.15, 0.2) is 11.6 Å². The van der Waals surface area contributed by atoms with Crippen molar-refractivity contribution < 1.29 is 4.42 Å². The summed E-state index contributed by atoms with van der Waals surface area (Å²) < 4.78 is 8.21. The third kappa shape index (κ3) is 3.95. The molecule has 0 spiro atoms. The summed E-state index contributed by atoms with van der Waals surface area (Å²) in [5, 5.41) is 1.03. The molecule has 0 saturated carbocycles. The van der Waals surface area contributed by atoms with E-state index in [2.05, 4.69) is 43.5 Å². The van der Waals surface area contributed by atoms with Crippen LogP contribution in [-0.4, -0.2) is 24.3 Å². The van der Waals surface area contributed by atoms with Gasteiger partial charge in [0.05, 0.1) is 0 Å². The third-order valence-corrected chi connectivity index (χ3v) is 7.84. The predicted molar refractivity (Wildman–Crippen MR) is 162 cm³/mol. The molecule has 0 N–H and O–H groups in total. The number of hydrogen-bond donors (Lipinski definition) is 0. The van der Waals surface area contributed by atoms with Crippen molar-refractivity contribution in [1.82, 2.24) is 24.3 Å². The van der Waals surface area contributed by atoms with Crippen molar-refractivity contribution in [2.45, 2.75) is 18.8 Å². The third-order valence-electron chi connectivity index (χ3n) is 7.84. The van der Waals surface area contributed by atoms with Crippen molar-refractivity contribution in [2.24, 2.45) is 0 Å². The molecule has 41 heavy (non-hydrogen) atoms. The van der Waals surface area contributed by atoms with E-state index in [9.17, 15) is 0 Å². The maximum atomic E-state index is 6.17. The number of nitrogens with zero attached hydrogens (tertiary/aromatic N) is 5. The Labute approximate surface area is 236 Å². The van der Waals surface area contributed by atoms with Crippen LogP contribution in [-0.2, 0) is 5.41 Å². The first kappa shape index (κ1) is 23.5. The minimum Gasteiger partial charge on any atom is -0.437 e. The normalized spacial score (nSPS) is 17.0. The van der Waals surface area contributed by atoms with Crippen LogP contribution in [0.15, 0.2) is 126 Å². The molecule has 1 aliphatic rings. The number of allylic oxidation sites excluding steroid dienone is 4. The van der Waals surface area contributed by atoms with Crippen LogP contribution in [0.3, 0.4) is 0 Å². The van der Waals surface area contributed by atoms with Crippen LogP contribution in [0.25, 0.3) is 56.2 Å². The zero-order valence-electron chi connectivity index (χ0n) is 22.4.